The molecule has 0 aliphatic heterocycles. The van der Waals surface area contributed by atoms with Crippen LogP contribution in [-0.4, -0.2) is 27.2 Å². The number of amides is 1. The van der Waals surface area contributed by atoms with Crippen LogP contribution in [0.25, 0.3) is 0 Å². The lowest BCUT2D eigenvalue weighted by Crippen LogP contribution is -2.31. The van der Waals surface area contributed by atoms with E-state index in [1.54, 1.807) is 31.2 Å². The van der Waals surface area contributed by atoms with Gasteiger partial charge in [0.1, 0.15) is 11.5 Å². The van der Waals surface area contributed by atoms with E-state index in [9.17, 15) is 13.2 Å². The molecule has 1 atom stereocenters. The van der Waals surface area contributed by atoms with Gasteiger partial charge in [0.2, 0.25) is 0 Å². The van der Waals surface area contributed by atoms with Crippen LogP contribution in [0, 0.1) is 0 Å². The van der Waals surface area contributed by atoms with Crippen LogP contribution in [-0.2, 0) is 14.6 Å². The first kappa shape index (κ1) is 16.1. The molecule has 6 nitrogen and oxygen atoms in total. The van der Waals surface area contributed by atoms with Crippen molar-refractivity contribution in [3.8, 4) is 5.75 Å². The molecule has 2 rings (SSSR count). The highest BCUT2D eigenvalue weighted by Crippen LogP contribution is 2.17. The van der Waals surface area contributed by atoms with Crippen molar-refractivity contribution < 1.29 is 22.4 Å². The van der Waals surface area contributed by atoms with Crippen LogP contribution in [0.4, 0.5) is 0 Å². The smallest absolute Gasteiger partial charge is 0.258 e. The predicted molar refractivity (Wildman–Crippen MR) is 80.3 cm³/mol. The lowest BCUT2D eigenvalue weighted by Gasteiger charge is -2.12. The van der Waals surface area contributed by atoms with Gasteiger partial charge in [-0.2, -0.15) is 0 Å². The van der Waals surface area contributed by atoms with Gasteiger partial charge >= 0.3 is 0 Å². The van der Waals surface area contributed by atoms with E-state index < -0.39 is 9.84 Å². The summed E-state index contributed by atoms with van der Waals surface area (Å²) in [6.07, 6.45) is 2.65. The maximum Gasteiger partial charge on any atom is 0.258 e. The van der Waals surface area contributed by atoms with Gasteiger partial charge in [-0.1, -0.05) is 6.07 Å². The van der Waals surface area contributed by atoms with Crippen molar-refractivity contribution in [3.05, 3.63) is 48.4 Å². The number of carbonyl (C=O) groups excluding carboxylic acids is 1. The minimum absolute atomic E-state index is 0.148. The highest BCUT2D eigenvalue weighted by atomic mass is 32.2. The molecule has 0 spiro atoms. The molecule has 1 N–H and O–H groups in total. The molecular formula is C15H17NO5S. The van der Waals surface area contributed by atoms with Crippen LogP contribution in [0.5, 0.6) is 5.75 Å². The number of nitrogens with one attached hydrogen (secondary N) is 1. The molecule has 0 fully saturated rings. The maximum absolute atomic E-state index is 11.8. The highest BCUT2D eigenvalue weighted by Gasteiger charge is 2.13. The zero-order valence-electron chi connectivity index (χ0n) is 12.3. The molecule has 2 aromatic rings. The molecule has 0 bridgehead atoms. The number of sulfone groups is 1. The Hall–Kier alpha value is -2.28. The fourth-order valence-corrected chi connectivity index (χ4v) is 2.49. The predicted octanol–water partition coefficient (Wildman–Crippen LogP) is 1.94. The summed E-state index contributed by atoms with van der Waals surface area (Å²) in [6.45, 7) is 1.58. The third kappa shape index (κ3) is 4.36. The number of ether oxygens (including phenoxy) is 1. The van der Waals surface area contributed by atoms with Crippen molar-refractivity contribution in [1.82, 2.24) is 5.32 Å². The van der Waals surface area contributed by atoms with Gasteiger partial charge in [-0.3, -0.25) is 4.79 Å². The van der Waals surface area contributed by atoms with Crippen LogP contribution in [0.1, 0.15) is 18.7 Å². The molecule has 0 aliphatic carbocycles. The SMILES string of the molecule is C[C@H](NC(=O)COc1cccc(S(C)(=O)=O)c1)c1ccco1. The molecule has 118 valence electrons. The lowest BCUT2D eigenvalue weighted by atomic mass is 10.2. The van der Waals surface area contributed by atoms with Gasteiger partial charge in [0.15, 0.2) is 16.4 Å². The van der Waals surface area contributed by atoms with E-state index in [1.165, 1.54) is 18.4 Å². The minimum atomic E-state index is -3.31. The van der Waals surface area contributed by atoms with Crippen LogP contribution < -0.4 is 10.1 Å². The molecule has 0 aliphatic rings. The van der Waals surface area contributed by atoms with Crippen LogP contribution in [0.15, 0.2) is 52.0 Å². The van der Waals surface area contributed by atoms with E-state index in [0.29, 0.717) is 11.5 Å². The summed E-state index contributed by atoms with van der Waals surface area (Å²) in [7, 11) is -3.31. The van der Waals surface area contributed by atoms with E-state index in [1.807, 2.05) is 0 Å². The molecule has 22 heavy (non-hydrogen) atoms. The average Bonchev–Trinajstić information content (AvgIpc) is 2.99. The molecule has 0 saturated heterocycles. The van der Waals surface area contributed by atoms with Crippen molar-refractivity contribution in [2.24, 2.45) is 0 Å². The fraction of sp³-hybridized carbons (Fsp3) is 0.267. The van der Waals surface area contributed by atoms with Gasteiger partial charge in [-0.15, -0.1) is 0 Å². The summed E-state index contributed by atoms with van der Waals surface area (Å²) < 4.78 is 33.4. The molecule has 1 aromatic heterocycles. The molecular weight excluding hydrogens is 306 g/mol. The highest BCUT2D eigenvalue weighted by molar-refractivity contribution is 7.90. The first-order valence-electron chi connectivity index (χ1n) is 6.62. The third-order valence-corrected chi connectivity index (χ3v) is 4.06. The number of carbonyl (C=O) groups is 1. The Morgan fingerprint density at radius 2 is 2.09 bits per heavy atom. The molecule has 0 saturated carbocycles. The first-order chi connectivity index (χ1) is 10.4. The second-order valence-electron chi connectivity index (χ2n) is 4.84. The van der Waals surface area contributed by atoms with E-state index in [-0.39, 0.29) is 23.5 Å². The van der Waals surface area contributed by atoms with Crippen molar-refractivity contribution in [2.75, 3.05) is 12.9 Å². The number of hydrogen-bond donors (Lipinski definition) is 1. The van der Waals surface area contributed by atoms with Crippen molar-refractivity contribution in [3.63, 3.8) is 0 Å². The van der Waals surface area contributed by atoms with E-state index in [2.05, 4.69) is 5.32 Å². The molecule has 7 heteroatoms. The Morgan fingerprint density at radius 1 is 1.32 bits per heavy atom. The molecule has 0 unspecified atom stereocenters. The molecule has 1 heterocycles. The van der Waals surface area contributed by atoms with Crippen LogP contribution >= 0.6 is 0 Å². The summed E-state index contributed by atoms with van der Waals surface area (Å²) in [5.74, 6) is 0.643. The second kappa shape index (κ2) is 6.65. The summed E-state index contributed by atoms with van der Waals surface area (Å²) >= 11 is 0. The number of hydrogen-bond acceptors (Lipinski definition) is 5. The number of furan rings is 1. The monoisotopic (exact) mass is 323 g/mol. The van der Waals surface area contributed by atoms with Gasteiger partial charge in [0.25, 0.3) is 5.91 Å². The van der Waals surface area contributed by atoms with Crippen LogP contribution in [0.2, 0.25) is 0 Å². The standard InChI is InChI=1S/C15H17NO5S/c1-11(14-7-4-8-20-14)16-15(17)10-21-12-5-3-6-13(9-12)22(2,18)19/h3-9,11H,10H2,1-2H3,(H,16,17)/t11-/m0/s1. The average molecular weight is 323 g/mol. The summed E-state index contributed by atoms with van der Waals surface area (Å²) in [5.41, 5.74) is 0. The molecule has 1 amide bonds. The fourth-order valence-electron chi connectivity index (χ4n) is 1.84. The van der Waals surface area contributed by atoms with Gasteiger partial charge in [-0.05, 0) is 37.3 Å². The van der Waals surface area contributed by atoms with E-state index >= 15 is 0 Å². The van der Waals surface area contributed by atoms with Gasteiger partial charge < -0.3 is 14.5 Å². The summed E-state index contributed by atoms with van der Waals surface area (Å²) in [5, 5.41) is 2.72. The first-order valence-corrected chi connectivity index (χ1v) is 8.51. The Bertz CT molecular complexity index is 737. The second-order valence-corrected chi connectivity index (χ2v) is 6.86. The maximum atomic E-state index is 11.8. The van der Waals surface area contributed by atoms with Gasteiger partial charge in [0, 0.05) is 6.26 Å². The zero-order chi connectivity index (χ0) is 16.2. The Balaban J connectivity index is 1.91. The number of benzene rings is 1. The normalized spacial score (nSPS) is 12.6. The summed E-state index contributed by atoms with van der Waals surface area (Å²) in [4.78, 5) is 12.0. The van der Waals surface area contributed by atoms with E-state index in [0.717, 1.165) is 6.26 Å². The quantitative estimate of drug-likeness (QED) is 0.878. The van der Waals surface area contributed by atoms with Gasteiger partial charge in [-0.25, -0.2) is 8.42 Å². The van der Waals surface area contributed by atoms with Gasteiger partial charge in [0.05, 0.1) is 17.2 Å². The van der Waals surface area contributed by atoms with Crippen LogP contribution in [0.3, 0.4) is 0 Å². The lowest BCUT2D eigenvalue weighted by molar-refractivity contribution is -0.123. The van der Waals surface area contributed by atoms with E-state index in [4.69, 9.17) is 9.15 Å². The van der Waals surface area contributed by atoms with Crippen molar-refractivity contribution in [1.29, 1.82) is 0 Å². The molecule has 0 radical (unpaired) electrons. The number of rotatable bonds is 6. The van der Waals surface area contributed by atoms with Crippen molar-refractivity contribution >= 4 is 15.7 Å². The Morgan fingerprint density at radius 3 is 2.73 bits per heavy atom. The minimum Gasteiger partial charge on any atom is -0.484 e. The largest absolute Gasteiger partial charge is 0.484 e. The summed E-state index contributed by atoms with van der Waals surface area (Å²) in [6, 6.07) is 9.26. The Kier molecular flexibility index (Phi) is 4.87. The zero-order valence-corrected chi connectivity index (χ0v) is 13.1. The van der Waals surface area contributed by atoms with Crippen molar-refractivity contribution in [2.45, 2.75) is 17.9 Å². The third-order valence-electron chi connectivity index (χ3n) is 2.95. The Labute approximate surface area is 129 Å². The topological polar surface area (TPSA) is 85.6 Å². The molecule has 1 aromatic carbocycles.